The zero-order valence-electron chi connectivity index (χ0n) is 11.7. The topological polar surface area (TPSA) is 95.6 Å². The van der Waals surface area contributed by atoms with Gasteiger partial charge in [0.2, 0.25) is 0 Å². The number of aliphatic hydroxyl groups is 1. The number of benzene rings is 2. The molecule has 5 heteroatoms. The highest BCUT2D eigenvalue weighted by atomic mass is 16.3. The van der Waals surface area contributed by atoms with Crippen molar-refractivity contribution in [2.45, 2.75) is 13.0 Å². The maximum atomic E-state index is 12.0. The second-order valence-corrected chi connectivity index (χ2v) is 4.91. The fourth-order valence-electron chi connectivity index (χ4n) is 1.95. The first-order valence-corrected chi connectivity index (χ1v) is 6.58. The standard InChI is InChI=1S/C16H18N2O3/c1-10-2-7-14(19)13(8-10)16(21)18-9-15(20)11-3-5-12(17)6-4-11/h2-8,15,19-20H,9,17H2,1H3,(H,18,21). The predicted octanol–water partition coefficient (Wildman–Crippen LogP) is 1.75. The Morgan fingerprint density at radius 1 is 1.24 bits per heavy atom. The molecule has 0 aromatic heterocycles. The molecule has 21 heavy (non-hydrogen) atoms. The van der Waals surface area contributed by atoms with E-state index in [-0.39, 0.29) is 17.9 Å². The zero-order chi connectivity index (χ0) is 15.4. The summed E-state index contributed by atoms with van der Waals surface area (Å²) in [4.78, 5) is 12.0. The van der Waals surface area contributed by atoms with Gasteiger partial charge in [-0.2, -0.15) is 0 Å². The lowest BCUT2D eigenvalue weighted by Gasteiger charge is -2.13. The molecule has 1 unspecified atom stereocenters. The number of nitrogens with two attached hydrogens (primary N) is 1. The first-order valence-electron chi connectivity index (χ1n) is 6.58. The Morgan fingerprint density at radius 3 is 2.57 bits per heavy atom. The third-order valence-electron chi connectivity index (χ3n) is 3.17. The number of hydrogen-bond donors (Lipinski definition) is 4. The average Bonchev–Trinajstić information content (AvgIpc) is 2.47. The van der Waals surface area contributed by atoms with Gasteiger partial charge in [0.1, 0.15) is 5.75 Å². The number of aryl methyl sites for hydroxylation is 1. The maximum Gasteiger partial charge on any atom is 0.255 e. The number of nitrogen functional groups attached to an aromatic ring is 1. The van der Waals surface area contributed by atoms with E-state index in [0.29, 0.717) is 11.3 Å². The molecule has 0 saturated heterocycles. The highest BCUT2D eigenvalue weighted by Crippen LogP contribution is 2.18. The monoisotopic (exact) mass is 286 g/mol. The SMILES string of the molecule is Cc1ccc(O)c(C(=O)NCC(O)c2ccc(N)cc2)c1. The minimum Gasteiger partial charge on any atom is -0.507 e. The summed E-state index contributed by atoms with van der Waals surface area (Å²) in [5.74, 6) is -0.509. The van der Waals surface area contributed by atoms with Gasteiger partial charge in [-0.3, -0.25) is 4.79 Å². The number of hydrogen-bond acceptors (Lipinski definition) is 4. The summed E-state index contributed by atoms with van der Waals surface area (Å²) in [6, 6.07) is 11.6. The summed E-state index contributed by atoms with van der Waals surface area (Å²) in [5.41, 5.74) is 7.92. The van der Waals surface area contributed by atoms with Crippen LogP contribution in [0.15, 0.2) is 42.5 Å². The van der Waals surface area contributed by atoms with Gasteiger partial charge in [-0.25, -0.2) is 0 Å². The van der Waals surface area contributed by atoms with Crippen molar-refractivity contribution in [3.63, 3.8) is 0 Å². The van der Waals surface area contributed by atoms with Crippen LogP contribution < -0.4 is 11.1 Å². The molecule has 110 valence electrons. The van der Waals surface area contributed by atoms with E-state index in [1.165, 1.54) is 6.07 Å². The molecule has 0 fully saturated rings. The van der Waals surface area contributed by atoms with E-state index in [0.717, 1.165) is 5.56 Å². The molecule has 2 aromatic rings. The van der Waals surface area contributed by atoms with Crippen molar-refractivity contribution in [1.29, 1.82) is 0 Å². The number of carbonyl (C=O) groups is 1. The highest BCUT2D eigenvalue weighted by Gasteiger charge is 2.13. The first-order chi connectivity index (χ1) is 9.97. The fourth-order valence-corrected chi connectivity index (χ4v) is 1.95. The van der Waals surface area contributed by atoms with Crippen molar-refractivity contribution in [3.05, 3.63) is 59.2 Å². The summed E-state index contributed by atoms with van der Waals surface area (Å²) in [6.07, 6.45) is -0.832. The van der Waals surface area contributed by atoms with Crippen LogP contribution in [0.4, 0.5) is 5.69 Å². The minimum atomic E-state index is -0.832. The van der Waals surface area contributed by atoms with Gasteiger partial charge in [-0.1, -0.05) is 23.8 Å². The number of carbonyl (C=O) groups excluding carboxylic acids is 1. The van der Waals surface area contributed by atoms with Crippen LogP contribution in [0.25, 0.3) is 0 Å². The molecule has 5 N–H and O–H groups in total. The Bertz CT molecular complexity index is 638. The molecule has 0 aliphatic carbocycles. The van der Waals surface area contributed by atoms with Crippen molar-refractivity contribution in [3.8, 4) is 5.75 Å². The van der Waals surface area contributed by atoms with Crippen LogP contribution >= 0.6 is 0 Å². The minimum absolute atomic E-state index is 0.0517. The summed E-state index contributed by atoms with van der Waals surface area (Å²) < 4.78 is 0. The maximum absolute atomic E-state index is 12.0. The Kier molecular flexibility index (Phi) is 4.45. The van der Waals surface area contributed by atoms with Gasteiger partial charge in [-0.05, 0) is 36.8 Å². The van der Waals surface area contributed by atoms with E-state index >= 15 is 0 Å². The van der Waals surface area contributed by atoms with Gasteiger partial charge < -0.3 is 21.3 Å². The molecular weight excluding hydrogens is 268 g/mol. The van der Waals surface area contributed by atoms with Gasteiger partial charge in [0, 0.05) is 12.2 Å². The molecule has 2 rings (SSSR count). The Morgan fingerprint density at radius 2 is 1.90 bits per heavy atom. The molecule has 0 radical (unpaired) electrons. The third kappa shape index (κ3) is 3.73. The summed E-state index contributed by atoms with van der Waals surface area (Å²) >= 11 is 0. The summed E-state index contributed by atoms with van der Waals surface area (Å²) in [5, 5.41) is 22.3. The lowest BCUT2D eigenvalue weighted by Crippen LogP contribution is -2.28. The van der Waals surface area contributed by atoms with E-state index in [9.17, 15) is 15.0 Å². The third-order valence-corrected chi connectivity index (χ3v) is 3.17. The molecule has 5 nitrogen and oxygen atoms in total. The quantitative estimate of drug-likeness (QED) is 0.644. The molecule has 1 atom stereocenters. The Balaban J connectivity index is 2.00. The van der Waals surface area contributed by atoms with Crippen LogP contribution in [0.3, 0.4) is 0 Å². The summed E-state index contributed by atoms with van der Waals surface area (Å²) in [6.45, 7) is 1.88. The number of aromatic hydroxyl groups is 1. The Hall–Kier alpha value is -2.53. The number of aliphatic hydroxyl groups excluding tert-OH is 1. The molecule has 0 heterocycles. The lowest BCUT2D eigenvalue weighted by molar-refractivity contribution is 0.0913. The molecule has 0 spiro atoms. The lowest BCUT2D eigenvalue weighted by atomic mass is 10.1. The molecule has 0 aliphatic heterocycles. The van der Waals surface area contributed by atoms with Crippen LogP contribution in [-0.4, -0.2) is 22.7 Å². The molecule has 0 saturated carbocycles. The van der Waals surface area contributed by atoms with Gasteiger partial charge in [-0.15, -0.1) is 0 Å². The largest absolute Gasteiger partial charge is 0.507 e. The molecule has 0 aliphatic rings. The predicted molar refractivity (Wildman–Crippen MR) is 81.0 cm³/mol. The molecule has 0 bridgehead atoms. The fraction of sp³-hybridized carbons (Fsp3) is 0.188. The van der Waals surface area contributed by atoms with E-state index in [1.807, 2.05) is 6.92 Å². The van der Waals surface area contributed by atoms with Gasteiger partial charge >= 0.3 is 0 Å². The van der Waals surface area contributed by atoms with Crippen LogP contribution in [0, 0.1) is 6.92 Å². The number of anilines is 1. The van der Waals surface area contributed by atoms with Crippen molar-refractivity contribution >= 4 is 11.6 Å². The van der Waals surface area contributed by atoms with Crippen LogP contribution in [0.2, 0.25) is 0 Å². The normalized spacial score (nSPS) is 11.9. The van der Waals surface area contributed by atoms with Gasteiger partial charge in [0.15, 0.2) is 0 Å². The van der Waals surface area contributed by atoms with Gasteiger partial charge in [0.25, 0.3) is 5.91 Å². The van der Waals surface area contributed by atoms with Crippen LogP contribution in [0.1, 0.15) is 27.6 Å². The van der Waals surface area contributed by atoms with Crippen LogP contribution in [0.5, 0.6) is 5.75 Å². The van der Waals surface area contributed by atoms with Crippen molar-refractivity contribution in [2.24, 2.45) is 0 Å². The van der Waals surface area contributed by atoms with E-state index in [1.54, 1.807) is 36.4 Å². The van der Waals surface area contributed by atoms with E-state index < -0.39 is 12.0 Å². The second kappa shape index (κ2) is 6.28. The van der Waals surface area contributed by atoms with E-state index in [2.05, 4.69) is 5.32 Å². The molecule has 1 amide bonds. The second-order valence-electron chi connectivity index (χ2n) is 4.91. The number of phenolic OH excluding ortho intramolecular Hbond substituents is 1. The average molecular weight is 286 g/mol. The number of rotatable bonds is 4. The van der Waals surface area contributed by atoms with Gasteiger partial charge in [0.05, 0.1) is 11.7 Å². The Labute approximate surface area is 123 Å². The smallest absolute Gasteiger partial charge is 0.255 e. The number of nitrogens with one attached hydrogen (secondary N) is 1. The summed E-state index contributed by atoms with van der Waals surface area (Å²) in [7, 11) is 0. The zero-order valence-corrected chi connectivity index (χ0v) is 11.7. The molecule has 2 aromatic carbocycles. The highest BCUT2D eigenvalue weighted by molar-refractivity contribution is 5.97. The van der Waals surface area contributed by atoms with Crippen molar-refractivity contribution in [1.82, 2.24) is 5.32 Å². The van der Waals surface area contributed by atoms with Crippen molar-refractivity contribution in [2.75, 3.05) is 12.3 Å². The molecular formula is C16H18N2O3. The van der Waals surface area contributed by atoms with E-state index in [4.69, 9.17) is 5.73 Å². The number of amides is 1. The van der Waals surface area contributed by atoms with Crippen molar-refractivity contribution < 1.29 is 15.0 Å². The van der Waals surface area contributed by atoms with Crippen LogP contribution in [-0.2, 0) is 0 Å². The number of phenols is 1. The first kappa shape index (κ1) is 14.9.